The third-order valence-corrected chi connectivity index (χ3v) is 7.14. The van der Waals surface area contributed by atoms with E-state index >= 15 is 0 Å². The third kappa shape index (κ3) is 3.91. The van der Waals surface area contributed by atoms with Crippen molar-refractivity contribution in [2.45, 2.75) is 11.8 Å². The van der Waals surface area contributed by atoms with Crippen LogP contribution in [-0.4, -0.2) is 25.5 Å². The molecule has 2 aromatic carbocycles. The van der Waals surface area contributed by atoms with E-state index in [1.165, 1.54) is 24.5 Å². The number of aromatic nitrogens is 2. The van der Waals surface area contributed by atoms with E-state index in [4.69, 9.17) is 16.3 Å². The van der Waals surface area contributed by atoms with Crippen molar-refractivity contribution in [3.8, 4) is 16.3 Å². The van der Waals surface area contributed by atoms with Crippen molar-refractivity contribution in [1.82, 2.24) is 9.97 Å². The number of pyridine rings is 1. The van der Waals surface area contributed by atoms with Gasteiger partial charge < -0.3 is 4.74 Å². The quantitative estimate of drug-likeness (QED) is 0.460. The number of rotatable bonds is 5. The summed E-state index contributed by atoms with van der Waals surface area (Å²) in [6.45, 7) is 1.69. The Morgan fingerprint density at radius 1 is 1.14 bits per heavy atom. The number of ether oxygens (including phenoxy) is 1. The number of anilines is 1. The maximum atomic E-state index is 12.8. The predicted octanol–water partition coefficient (Wildman–Crippen LogP) is 5.13. The molecule has 148 valence electrons. The maximum Gasteiger partial charge on any atom is 0.262 e. The number of methoxy groups -OCH3 is 1. The lowest BCUT2D eigenvalue weighted by atomic mass is 10.2. The van der Waals surface area contributed by atoms with Crippen LogP contribution in [0.15, 0.2) is 59.6 Å². The van der Waals surface area contributed by atoms with E-state index < -0.39 is 10.0 Å². The van der Waals surface area contributed by atoms with Gasteiger partial charge in [0.2, 0.25) is 0 Å². The number of fused-ring (bicyclic) bond motifs is 1. The Labute approximate surface area is 177 Å². The molecule has 0 aliphatic rings. The molecule has 0 saturated carbocycles. The molecule has 0 unspecified atom stereocenters. The first-order chi connectivity index (χ1) is 13.9. The number of nitrogens with one attached hydrogen (secondary N) is 1. The fourth-order valence-corrected chi connectivity index (χ4v) is 5.40. The molecule has 9 heteroatoms. The number of thiazole rings is 1. The second kappa shape index (κ2) is 7.62. The summed E-state index contributed by atoms with van der Waals surface area (Å²) in [4.78, 5) is 9.82. The van der Waals surface area contributed by atoms with Crippen LogP contribution < -0.4 is 9.46 Å². The molecule has 0 spiro atoms. The molecule has 0 saturated heterocycles. The van der Waals surface area contributed by atoms with Crippen LogP contribution in [0.3, 0.4) is 0 Å². The topological polar surface area (TPSA) is 81.2 Å². The van der Waals surface area contributed by atoms with Gasteiger partial charge >= 0.3 is 0 Å². The molecule has 0 aliphatic heterocycles. The summed E-state index contributed by atoms with van der Waals surface area (Å²) in [6.07, 6.45) is 1.73. The van der Waals surface area contributed by atoms with E-state index in [9.17, 15) is 8.42 Å². The highest BCUT2D eigenvalue weighted by atomic mass is 35.5. The highest BCUT2D eigenvalue weighted by Gasteiger charge is 2.20. The minimum atomic E-state index is -3.80. The lowest BCUT2D eigenvalue weighted by molar-refractivity contribution is 0.414. The summed E-state index contributed by atoms with van der Waals surface area (Å²) in [5.74, 6) is 0.429. The first kappa shape index (κ1) is 19.6. The van der Waals surface area contributed by atoms with E-state index in [2.05, 4.69) is 14.7 Å². The highest BCUT2D eigenvalue weighted by Crippen LogP contribution is 2.32. The molecule has 0 bridgehead atoms. The zero-order valence-electron chi connectivity index (χ0n) is 15.5. The summed E-state index contributed by atoms with van der Waals surface area (Å²) in [7, 11) is -2.32. The Hall–Kier alpha value is -2.68. The molecule has 29 heavy (non-hydrogen) atoms. The average Bonchev–Trinajstić information content (AvgIpc) is 3.13. The molecular formula is C20H16ClN3O3S2. The van der Waals surface area contributed by atoms with Gasteiger partial charge in [0.05, 0.1) is 17.0 Å². The summed E-state index contributed by atoms with van der Waals surface area (Å²) in [5.41, 5.74) is 2.71. The Kier molecular flexibility index (Phi) is 5.16. The van der Waals surface area contributed by atoms with Crippen molar-refractivity contribution >= 4 is 49.0 Å². The number of benzene rings is 2. The molecule has 4 rings (SSSR count). The van der Waals surface area contributed by atoms with E-state index in [1.807, 2.05) is 24.3 Å². The predicted molar refractivity (Wildman–Crippen MR) is 116 cm³/mol. The number of halogens is 1. The SMILES string of the molecule is COc1cc(C)c(S(=O)(=O)Nc2ccc(-c3nc4cccnc4s3)cc2)cc1Cl. The van der Waals surface area contributed by atoms with Crippen LogP contribution in [0.2, 0.25) is 5.02 Å². The summed E-state index contributed by atoms with van der Waals surface area (Å²) >= 11 is 7.59. The minimum absolute atomic E-state index is 0.102. The molecule has 2 aromatic heterocycles. The summed E-state index contributed by atoms with van der Waals surface area (Å²) in [5, 5.41) is 1.06. The van der Waals surface area contributed by atoms with Gasteiger partial charge in [-0.3, -0.25) is 4.72 Å². The van der Waals surface area contributed by atoms with Crippen LogP contribution in [0.4, 0.5) is 5.69 Å². The molecule has 0 atom stereocenters. The summed E-state index contributed by atoms with van der Waals surface area (Å²) < 4.78 is 33.4. The van der Waals surface area contributed by atoms with Crippen LogP contribution in [0.25, 0.3) is 20.9 Å². The van der Waals surface area contributed by atoms with E-state index in [-0.39, 0.29) is 9.92 Å². The van der Waals surface area contributed by atoms with Gasteiger partial charge in [-0.1, -0.05) is 22.9 Å². The van der Waals surface area contributed by atoms with Crippen molar-refractivity contribution < 1.29 is 13.2 Å². The molecule has 0 radical (unpaired) electrons. The van der Waals surface area contributed by atoms with Crippen LogP contribution in [-0.2, 0) is 10.0 Å². The number of hydrogen-bond acceptors (Lipinski definition) is 6. The Morgan fingerprint density at radius 2 is 1.90 bits per heavy atom. The van der Waals surface area contributed by atoms with Crippen LogP contribution >= 0.6 is 22.9 Å². The molecule has 0 aliphatic carbocycles. The second-order valence-corrected chi connectivity index (χ2v) is 9.32. The summed E-state index contributed by atoms with van der Waals surface area (Å²) in [6, 6.07) is 13.8. The van der Waals surface area contributed by atoms with E-state index in [0.717, 1.165) is 20.9 Å². The molecule has 0 fully saturated rings. The maximum absolute atomic E-state index is 12.8. The lowest BCUT2D eigenvalue weighted by Crippen LogP contribution is -2.14. The minimum Gasteiger partial charge on any atom is -0.495 e. The van der Waals surface area contributed by atoms with Crippen molar-refractivity contribution in [2.24, 2.45) is 0 Å². The largest absolute Gasteiger partial charge is 0.495 e. The first-order valence-corrected chi connectivity index (χ1v) is 11.2. The smallest absolute Gasteiger partial charge is 0.262 e. The molecule has 4 aromatic rings. The van der Waals surface area contributed by atoms with Gasteiger partial charge in [0, 0.05) is 17.4 Å². The first-order valence-electron chi connectivity index (χ1n) is 8.56. The van der Waals surface area contributed by atoms with Gasteiger partial charge in [0.1, 0.15) is 21.1 Å². The molecule has 1 N–H and O–H groups in total. The fraction of sp³-hybridized carbons (Fsp3) is 0.100. The van der Waals surface area contributed by atoms with Crippen molar-refractivity contribution in [3.05, 3.63) is 65.3 Å². The van der Waals surface area contributed by atoms with E-state index in [0.29, 0.717) is 17.0 Å². The third-order valence-electron chi connectivity index (χ3n) is 4.29. The van der Waals surface area contributed by atoms with Gasteiger partial charge in [0.25, 0.3) is 10.0 Å². The molecule has 2 heterocycles. The van der Waals surface area contributed by atoms with Crippen molar-refractivity contribution in [3.63, 3.8) is 0 Å². The fourth-order valence-electron chi connectivity index (χ4n) is 2.87. The average molecular weight is 446 g/mol. The van der Waals surface area contributed by atoms with Gasteiger partial charge in [0.15, 0.2) is 0 Å². The van der Waals surface area contributed by atoms with Gasteiger partial charge in [-0.25, -0.2) is 18.4 Å². The Morgan fingerprint density at radius 3 is 2.59 bits per heavy atom. The van der Waals surface area contributed by atoms with Crippen LogP contribution in [0, 0.1) is 6.92 Å². The van der Waals surface area contributed by atoms with E-state index in [1.54, 1.807) is 31.3 Å². The zero-order chi connectivity index (χ0) is 20.6. The van der Waals surface area contributed by atoms with Gasteiger partial charge in [-0.15, -0.1) is 0 Å². The molecule has 6 nitrogen and oxygen atoms in total. The number of sulfonamides is 1. The lowest BCUT2D eigenvalue weighted by Gasteiger charge is -2.13. The monoisotopic (exact) mass is 445 g/mol. The van der Waals surface area contributed by atoms with Crippen LogP contribution in [0.5, 0.6) is 5.75 Å². The second-order valence-electron chi connectivity index (χ2n) is 6.28. The van der Waals surface area contributed by atoms with Crippen LogP contribution in [0.1, 0.15) is 5.56 Å². The number of nitrogens with zero attached hydrogens (tertiary/aromatic N) is 2. The normalized spacial score (nSPS) is 11.6. The van der Waals surface area contributed by atoms with Crippen molar-refractivity contribution in [1.29, 1.82) is 0 Å². The Bertz CT molecular complexity index is 1270. The Balaban J connectivity index is 1.60. The number of aryl methyl sites for hydroxylation is 1. The number of hydrogen-bond donors (Lipinski definition) is 1. The van der Waals surface area contributed by atoms with Gasteiger partial charge in [-0.05, 0) is 61.0 Å². The molecule has 0 amide bonds. The zero-order valence-corrected chi connectivity index (χ0v) is 17.9. The standard InChI is InChI=1S/C20H16ClN3O3S2/c1-12-10-17(27-2)15(21)11-18(12)29(25,26)24-14-7-5-13(6-8-14)19-23-16-4-3-9-22-20(16)28-19/h3-11,24H,1-2H3. The highest BCUT2D eigenvalue weighted by molar-refractivity contribution is 7.92. The van der Waals surface area contributed by atoms with Crippen molar-refractivity contribution in [2.75, 3.05) is 11.8 Å². The van der Waals surface area contributed by atoms with Gasteiger partial charge in [-0.2, -0.15) is 0 Å². The molecular weight excluding hydrogens is 430 g/mol.